The first-order valence-corrected chi connectivity index (χ1v) is 12.9. The standard InChI is InChI=1S/C23H43NO10S/c25-20(26)18-24(19-21(27)28)22(23(29)30)34-16-15-33-14-13-32-12-11-31-10-8-6-4-2-1-3-5-7-9-17-35/h22,35H,1-19H2,(H,25,26)(H,27,28)(H,29,30). The molecule has 11 nitrogen and oxygen atoms in total. The molecule has 1 atom stereocenters. The number of aliphatic carboxylic acids is 3. The minimum Gasteiger partial charge on any atom is -0.480 e. The Morgan fingerprint density at radius 2 is 1.00 bits per heavy atom. The molecule has 3 N–H and O–H groups in total. The number of ether oxygens (including phenoxy) is 4. The number of rotatable bonds is 27. The van der Waals surface area contributed by atoms with Crippen molar-refractivity contribution in [3.63, 3.8) is 0 Å². The van der Waals surface area contributed by atoms with Crippen molar-refractivity contribution in [2.75, 3.05) is 65.1 Å². The lowest BCUT2D eigenvalue weighted by molar-refractivity contribution is -0.171. The smallest absolute Gasteiger partial charge is 0.348 e. The zero-order chi connectivity index (χ0) is 26.2. The Morgan fingerprint density at radius 1 is 0.600 bits per heavy atom. The molecule has 0 spiro atoms. The summed E-state index contributed by atoms with van der Waals surface area (Å²) in [6.45, 7) is 0.635. The third-order valence-electron chi connectivity index (χ3n) is 4.91. The van der Waals surface area contributed by atoms with Gasteiger partial charge in [-0.1, -0.05) is 44.9 Å². The third kappa shape index (κ3) is 22.7. The molecule has 0 amide bonds. The van der Waals surface area contributed by atoms with Crippen LogP contribution in [0.5, 0.6) is 0 Å². The molecule has 12 heteroatoms. The number of carboxylic acids is 3. The van der Waals surface area contributed by atoms with E-state index in [2.05, 4.69) is 12.6 Å². The topological polar surface area (TPSA) is 152 Å². The average Bonchev–Trinajstić information content (AvgIpc) is 2.79. The Morgan fingerprint density at radius 3 is 1.43 bits per heavy atom. The molecule has 0 aromatic rings. The van der Waals surface area contributed by atoms with E-state index in [0.717, 1.165) is 18.8 Å². The van der Waals surface area contributed by atoms with Crippen LogP contribution in [0.25, 0.3) is 0 Å². The molecule has 206 valence electrons. The van der Waals surface area contributed by atoms with Gasteiger partial charge < -0.3 is 34.3 Å². The van der Waals surface area contributed by atoms with Gasteiger partial charge in [0, 0.05) is 6.61 Å². The summed E-state index contributed by atoms with van der Waals surface area (Å²) >= 11 is 4.22. The Hall–Kier alpha value is -1.44. The van der Waals surface area contributed by atoms with Gasteiger partial charge in [0.05, 0.1) is 52.7 Å². The summed E-state index contributed by atoms with van der Waals surface area (Å²) < 4.78 is 21.3. The van der Waals surface area contributed by atoms with Crippen LogP contribution in [0.1, 0.15) is 57.8 Å². The maximum absolute atomic E-state index is 11.3. The Labute approximate surface area is 213 Å². The van der Waals surface area contributed by atoms with Gasteiger partial charge in [-0.25, -0.2) is 9.69 Å². The van der Waals surface area contributed by atoms with Crippen molar-refractivity contribution in [1.29, 1.82) is 0 Å². The van der Waals surface area contributed by atoms with E-state index >= 15 is 0 Å². The van der Waals surface area contributed by atoms with E-state index in [9.17, 15) is 19.5 Å². The van der Waals surface area contributed by atoms with Gasteiger partial charge in [-0.3, -0.25) is 9.59 Å². The monoisotopic (exact) mass is 525 g/mol. The van der Waals surface area contributed by atoms with Crippen molar-refractivity contribution >= 4 is 30.5 Å². The lowest BCUT2D eigenvalue weighted by atomic mass is 10.1. The SMILES string of the molecule is O=C(O)CN(CC(=O)O)C(OCCOCCOCCOCCCCCCCCCCCS)C(=O)O. The van der Waals surface area contributed by atoms with Gasteiger partial charge in [0.2, 0.25) is 6.23 Å². The Balaban J connectivity index is 3.58. The van der Waals surface area contributed by atoms with Crippen molar-refractivity contribution < 1.29 is 48.7 Å². The largest absolute Gasteiger partial charge is 0.480 e. The van der Waals surface area contributed by atoms with E-state index in [0.29, 0.717) is 24.7 Å². The minimum absolute atomic E-state index is 0.0489. The maximum Gasteiger partial charge on any atom is 0.348 e. The van der Waals surface area contributed by atoms with Crippen molar-refractivity contribution in [2.24, 2.45) is 0 Å². The zero-order valence-corrected chi connectivity index (χ0v) is 21.5. The van der Waals surface area contributed by atoms with Crippen molar-refractivity contribution in [2.45, 2.75) is 64.0 Å². The van der Waals surface area contributed by atoms with Crippen LogP contribution in [-0.2, 0) is 33.3 Å². The van der Waals surface area contributed by atoms with Crippen molar-refractivity contribution in [3.05, 3.63) is 0 Å². The lowest BCUT2D eigenvalue weighted by Gasteiger charge is -2.25. The van der Waals surface area contributed by atoms with Crippen LogP contribution >= 0.6 is 12.6 Å². The zero-order valence-electron chi connectivity index (χ0n) is 20.6. The molecule has 0 radical (unpaired) electrons. The molecule has 1 unspecified atom stereocenters. The number of hydrogen-bond donors (Lipinski definition) is 4. The quantitative estimate of drug-likeness (QED) is 0.0710. The van der Waals surface area contributed by atoms with Crippen LogP contribution in [-0.4, -0.2) is 109 Å². The summed E-state index contributed by atoms with van der Waals surface area (Å²) in [5.74, 6) is -3.21. The highest BCUT2D eigenvalue weighted by Crippen LogP contribution is 2.10. The Bertz CT molecular complexity index is 536. The normalized spacial score (nSPS) is 12.2. The predicted molar refractivity (Wildman–Crippen MR) is 132 cm³/mol. The second kappa shape index (κ2) is 24.3. The molecule has 0 aromatic heterocycles. The van der Waals surface area contributed by atoms with Crippen LogP contribution in [0.3, 0.4) is 0 Å². The molecule has 0 aliphatic heterocycles. The second-order valence-electron chi connectivity index (χ2n) is 8.00. The van der Waals surface area contributed by atoms with Crippen LogP contribution in [0.2, 0.25) is 0 Å². The molecule has 0 aromatic carbocycles. The number of nitrogens with zero attached hydrogens (tertiary/aromatic N) is 1. The van der Waals surface area contributed by atoms with Gasteiger partial charge in [-0.2, -0.15) is 12.6 Å². The van der Waals surface area contributed by atoms with Gasteiger partial charge in [0.1, 0.15) is 0 Å². The number of hydrogen-bond acceptors (Lipinski definition) is 9. The minimum atomic E-state index is -1.70. The lowest BCUT2D eigenvalue weighted by Crippen LogP contribution is -2.48. The van der Waals surface area contributed by atoms with Crippen LogP contribution in [0, 0.1) is 0 Å². The highest BCUT2D eigenvalue weighted by molar-refractivity contribution is 7.80. The van der Waals surface area contributed by atoms with E-state index in [1.54, 1.807) is 0 Å². The van der Waals surface area contributed by atoms with E-state index in [-0.39, 0.29) is 19.8 Å². The van der Waals surface area contributed by atoms with Gasteiger partial charge in [-0.05, 0) is 18.6 Å². The fourth-order valence-electron chi connectivity index (χ4n) is 3.22. The molecule has 0 aliphatic carbocycles. The highest BCUT2D eigenvalue weighted by atomic mass is 32.1. The Kier molecular flexibility index (Phi) is 23.3. The van der Waals surface area contributed by atoms with Crippen LogP contribution in [0.15, 0.2) is 0 Å². The number of thiol groups is 1. The number of unbranched alkanes of at least 4 members (excludes halogenated alkanes) is 8. The third-order valence-corrected chi connectivity index (χ3v) is 5.23. The average molecular weight is 526 g/mol. The summed E-state index contributed by atoms with van der Waals surface area (Å²) in [7, 11) is 0. The van der Waals surface area contributed by atoms with Crippen molar-refractivity contribution in [1.82, 2.24) is 4.90 Å². The molecule has 0 saturated heterocycles. The molecule has 0 rings (SSSR count). The molecular formula is C23H43NO10S. The van der Waals surface area contributed by atoms with Crippen molar-refractivity contribution in [3.8, 4) is 0 Å². The molecule has 35 heavy (non-hydrogen) atoms. The summed E-state index contributed by atoms with van der Waals surface area (Å²) in [5.41, 5.74) is 0. The fraction of sp³-hybridized carbons (Fsp3) is 0.870. The molecular weight excluding hydrogens is 482 g/mol. The second-order valence-corrected chi connectivity index (χ2v) is 8.44. The van der Waals surface area contributed by atoms with Crippen LogP contribution in [0.4, 0.5) is 0 Å². The molecule has 0 heterocycles. The first kappa shape index (κ1) is 33.6. The summed E-state index contributed by atoms with van der Waals surface area (Å²) in [6, 6.07) is 0. The first-order chi connectivity index (χ1) is 16.9. The predicted octanol–water partition coefficient (Wildman–Crippen LogP) is 2.38. The first-order valence-electron chi connectivity index (χ1n) is 12.2. The number of carboxylic acid groups (broad SMARTS) is 3. The van der Waals surface area contributed by atoms with Gasteiger partial charge in [0.15, 0.2) is 0 Å². The maximum atomic E-state index is 11.3. The molecule has 0 saturated carbocycles. The van der Waals surface area contributed by atoms with Gasteiger partial charge in [-0.15, -0.1) is 0 Å². The van der Waals surface area contributed by atoms with Gasteiger partial charge >= 0.3 is 17.9 Å². The van der Waals surface area contributed by atoms with Crippen LogP contribution < -0.4 is 0 Å². The molecule has 0 aliphatic rings. The summed E-state index contributed by atoms with van der Waals surface area (Å²) in [6.07, 6.45) is 9.52. The summed E-state index contributed by atoms with van der Waals surface area (Å²) in [4.78, 5) is 33.7. The van der Waals surface area contributed by atoms with E-state index in [4.69, 9.17) is 29.2 Å². The molecule has 0 fully saturated rings. The summed E-state index contributed by atoms with van der Waals surface area (Å²) in [5, 5.41) is 26.9. The number of carbonyl (C=O) groups is 3. The fourth-order valence-corrected chi connectivity index (χ4v) is 3.44. The van der Waals surface area contributed by atoms with E-state index in [1.165, 1.54) is 51.4 Å². The van der Waals surface area contributed by atoms with Gasteiger partial charge in [0.25, 0.3) is 0 Å². The van der Waals surface area contributed by atoms with E-state index in [1.807, 2.05) is 0 Å². The van der Waals surface area contributed by atoms with E-state index < -0.39 is 37.2 Å². The molecule has 0 bridgehead atoms. The highest BCUT2D eigenvalue weighted by Gasteiger charge is 2.29.